The minimum absolute atomic E-state index is 0.160. The Balaban J connectivity index is 1.97. The molecule has 0 unspecified atom stereocenters. The second kappa shape index (κ2) is 5.85. The summed E-state index contributed by atoms with van der Waals surface area (Å²) in [6.07, 6.45) is 1.48. The Labute approximate surface area is 116 Å². The van der Waals surface area contributed by atoms with E-state index in [0.717, 1.165) is 17.4 Å². The molecule has 0 aliphatic carbocycles. The van der Waals surface area contributed by atoms with Crippen LogP contribution in [0.15, 0.2) is 28.7 Å². The summed E-state index contributed by atoms with van der Waals surface area (Å²) in [4.78, 5) is 14.0. The van der Waals surface area contributed by atoms with Crippen LogP contribution in [0.5, 0.6) is 0 Å². The summed E-state index contributed by atoms with van der Waals surface area (Å²) in [7, 11) is 0. The first-order valence-corrected chi connectivity index (χ1v) is 7.15. The molecule has 1 aliphatic rings. The number of carbonyl (C=O) groups is 1. The van der Waals surface area contributed by atoms with Crippen molar-refractivity contribution in [2.45, 2.75) is 31.7 Å². The van der Waals surface area contributed by atoms with E-state index in [1.807, 2.05) is 23.1 Å². The van der Waals surface area contributed by atoms with Gasteiger partial charge in [-0.15, -0.1) is 0 Å². The second-order valence-corrected chi connectivity index (χ2v) is 5.87. The number of nitrogens with two attached hydrogens (primary N) is 1. The van der Waals surface area contributed by atoms with Crippen LogP contribution < -0.4 is 5.73 Å². The topological polar surface area (TPSA) is 46.3 Å². The highest BCUT2D eigenvalue weighted by atomic mass is 79.9. The van der Waals surface area contributed by atoms with Crippen LogP contribution in [0.3, 0.4) is 0 Å². The maximum atomic E-state index is 12.1. The first-order valence-electron chi connectivity index (χ1n) is 6.35. The lowest BCUT2D eigenvalue weighted by Gasteiger charge is -2.19. The van der Waals surface area contributed by atoms with Gasteiger partial charge < -0.3 is 10.6 Å². The molecule has 3 nitrogen and oxygen atoms in total. The molecule has 0 aromatic heterocycles. The quantitative estimate of drug-likeness (QED) is 0.932. The molecule has 2 rings (SSSR count). The first kappa shape index (κ1) is 13.6. The van der Waals surface area contributed by atoms with E-state index < -0.39 is 0 Å². The maximum absolute atomic E-state index is 12.1. The number of rotatable bonds is 3. The molecule has 4 heteroatoms. The summed E-state index contributed by atoms with van der Waals surface area (Å²) in [5, 5.41) is 0. The minimum Gasteiger partial charge on any atom is -0.341 e. The molecule has 18 heavy (non-hydrogen) atoms. The number of hydrogen-bond donors (Lipinski definition) is 1. The summed E-state index contributed by atoms with van der Waals surface area (Å²) in [6, 6.07) is 8.24. The fourth-order valence-electron chi connectivity index (χ4n) is 2.39. The van der Waals surface area contributed by atoms with E-state index in [2.05, 4.69) is 28.9 Å². The first-order chi connectivity index (χ1) is 8.58. The average molecular weight is 311 g/mol. The van der Waals surface area contributed by atoms with E-state index in [4.69, 9.17) is 5.73 Å². The average Bonchev–Trinajstić information content (AvgIpc) is 2.76. The molecule has 2 atom stereocenters. The molecule has 0 bridgehead atoms. The van der Waals surface area contributed by atoms with Crippen LogP contribution in [0, 0.1) is 0 Å². The molecule has 1 heterocycles. The molecule has 1 aromatic rings. The highest BCUT2D eigenvalue weighted by Gasteiger charge is 2.25. The van der Waals surface area contributed by atoms with Crippen LogP contribution in [-0.2, 0) is 4.79 Å². The number of hydrogen-bond acceptors (Lipinski definition) is 2. The third-order valence-electron chi connectivity index (χ3n) is 3.49. The number of likely N-dealkylation sites (tertiary alicyclic amines) is 1. The normalized spacial score (nSPS) is 21.1. The summed E-state index contributed by atoms with van der Waals surface area (Å²) in [6.45, 7) is 3.61. The zero-order valence-electron chi connectivity index (χ0n) is 10.6. The largest absolute Gasteiger partial charge is 0.341 e. The van der Waals surface area contributed by atoms with Gasteiger partial charge in [-0.05, 0) is 24.0 Å². The number of amides is 1. The third kappa shape index (κ3) is 3.12. The summed E-state index contributed by atoms with van der Waals surface area (Å²) >= 11 is 3.53. The van der Waals surface area contributed by atoms with E-state index in [-0.39, 0.29) is 17.9 Å². The van der Waals surface area contributed by atoms with E-state index in [0.29, 0.717) is 13.0 Å². The SMILES string of the molecule is C[C@H](CC(=O)N1CC[C@@H](N)C1)c1ccccc1Br. The lowest BCUT2D eigenvalue weighted by molar-refractivity contribution is -0.130. The molecule has 2 N–H and O–H groups in total. The Morgan fingerprint density at radius 1 is 1.56 bits per heavy atom. The Morgan fingerprint density at radius 2 is 2.28 bits per heavy atom. The van der Waals surface area contributed by atoms with Gasteiger partial charge in [0, 0.05) is 30.0 Å². The number of halogens is 1. The Bertz CT molecular complexity index is 436. The Kier molecular flexibility index (Phi) is 4.40. The van der Waals surface area contributed by atoms with Gasteiger partial charge >= 0.3 is 0 Å². The van der Waals surface area contributed by atoms with Crippen molar-refractivity contribution in [1.82, 2.24) is 4.90 Å². The Hall–Kier alpha value is -0.870. The van der Waals surface area contributed by atoms with Crippen molar-refractivity contribution >= 4 is 21.8 Å². The fourth-order valence-corrected chi connectivity index (χ4v) is 3.07. The van der Waals surface area contributed by atoms with Gasteiger partial charge in [0.25, 0.3) is 0 Å². The molecule has 1 fully saturated rings. The number of nitrogens with zero attached hydrogens (tertiary/aromatic N) is 1. The maximum Gasteiger partial charge on any atom is 0.223 e. The van der Waals surface area contributed by atoms with E-state index in [9.17, 15) is 4.79 Å². The van der Waals surface area contributed by atoms with Crippen LogP contribution in [0.4, 0.5) is 0 Å². The van der Waals surface area contributed by atoms with Gasteiger partial charge in [-0.2, -0.15) is 0 Å². The number of carbonyl (C=O) groups excluding carboxylic acids is 1. The van der Waals surface area contributed by atoms with Gasteiger partial charge in [-0.25, -0.2) is 0 Å². The van der Waals surface area contributed by atoms with Crippen molar-refractivity contribution in [3.8, 4) is 0 Å². The smallest absolute Gasteiger partial charge is 0.223 e. The fraction of sp³-hybridized carbons (Fsp3) is 0.500. The molecule has 1 aliphatic heterocycles. The van der Waals surface area contributed by atoms with Crippen molar-refractivity contribution in [1.29, 1.82) is 0 Å². The van der Waals surface area contributed by atoms with E-state index in [1.165, 1.54) is 5.56 Å². The van der Waals surface area contributed by atoms with Crippen molar-refractivity contribution in [3.63, 3.8) is 0 Å². The highest BCUT2D eigenvalue weighted by molar-refractivity contribution is 9.10. The van der Waals surface area contributed by atoms with Crippen LogP contribution >= 0.6 is 15.9 Å². The van der Waals surface area contributed by atoms with Crippen molar-refractivity contribution in [3.05, 3.63) is 34.3 Å². The summed E-state index contributed by atoms with van der Waals surface area (Å²) < 4.78 is 1.07. The van der Waals surface area contributed by atoms with Gasteiger partial charge in [0.1, 0.15) is 0 Å². The van der Waals surface area contributed by atoms with Gasteiger partial charge in [0.2, 0.25) is 5.91 Å². The molecule has 1 aromatic carbocycles. The summed E-state index contributed by atoms with van der Waals surface area (Å²) in [5.41, 5.74) is 7.02. The van der Waals surface area contributed by atoms with Crippen LogP contribution in [-0.4, -0.2) is 29.9 Å². The van der Waals surface area contributed by atoms with Gasteiger partial charge in [0.15, 0.2) is 0 Å². The molecular formula is C14H19BrN2O. The van der Waals surface area contributed by atoms with Crippen molar-refractivity contribution in [2.24, 2.45) is 5.73 Å². The highest BCUT2D eigenvalue weighted by Crippen LogP contribution is 2.27. The van der Waals surface area contributed by atoms with Crippen LogP contribution in [0.25, 0.3) is 0 Å². The van der Waals surface area contributed by atoms with E-state index >= 15 is 0 Å². The lowest BCUT2D eigenvalue weighted by atomic mass is 9.97. The molecular weight excluding hydrogens is 292 g/mol. The third-order valence-corrected chi connectivity index (χ3v) is 4.22. The zero-order valence-corrected chi connectivity index (χ0v) is 12.2. The standard InChI is InChI=1S/C14H19BrN2O/c1-10(12-4-2-3-5-13(12)15)8-14(18)17-7-6-11(16)9-17/h2-5,10-11H,6-9,16H2,1H3/t10-,11-/m1/s1. The molecule has 98 valence electrons. The van der Waals surface area contributed by atoms with E-state index in [1.54, 1.807) is 0 Å². The number of benzene rings is 1. The molecule has 0 radical (unpaired) electrons. The zero-order chi connectivity index (χ0) is 13.1. The minimum atomic E-state index is 0.160. The second-order valence-electron chi connectivity index (χ2n) is 5.02. The van der Waals surface area contributed by atoms with Gasteiger partial charge in [0.05, 0.1) is 0 Å². The monoisotopic (exact) mass is 310 g/mol. The van der Waals surface area contributed by atoms with Crippen LogP contribution in [0.2, 0.25) is 0 Å². The van der Waals surface area contributed by atoms with Gasteiger partial charge in [-0.3, -0.25) is 4.79 Å². The Morgan fingerprint density at radius 3 is 2.89 bits per heavy atom. The molecule has 1 saturated heterocycles. The summed E-state index contributed by atoms with van der Waals surface area (Å²) in [5.74, 6) is 0.441. The van der Waals surface area contributed by atoms with Crippen molar-refractivity contribution in [2.75, 3.05) is 13.1 Å². The van der Waals surface area contributed by atoms with Crippen molar-refractivity contribution < 1.29 is 4.79 Å². The molecule has 1 amide bonds. The predicted octanol–water partition coefficient (Wildman–Crippen LogP) is 2.50. The molecule has 0 spiro atoms. The predicted molar refractivity (Wildman–Crippen MR) is 76.3 cm³/mol. The van der Waals surface area contributed by atoms with Crippen LogP contribution in [0.1, 0.15) is 31.2 Å². The van der Waals surface area contributed by atoms with Gasteiger partial charge in [-0.1, -0.05) is 41.1 Å². The molecule has 0 saturated carbocycles. The lowest BCUT2D eigenvalue weighted by Crippen LogP contribution is -2.32.